The van der Waals surface area contributed by atoms with E-state index in [4.69, 9.17) is 14.7 Å². The van der Waals surface area contributed by atoms with Gasteiger partial charge in [-0.3, -0.25) is 4.57 Å². The second-order valence-electron chi connectivity index (χ2n) is 9.46. The number of methoxy groups -OCH3 is 1. The van der Waals surface area contributed by atoms with Gasteiger partial charge in [0.05, 0.1) is 18.0 Å². The Morgan fingerprint density at radius 1 is 0.971 bits per heavy atom. The molecule has 5 rings (SSSR count). The number of nitrogens with one attached hydrogen (secondary N) is 3. The Balaban J connectivity index is 1.45. The van der Waals surface area contributed by atoms with Crippen molar-refractivity contribution in [2.75, 3.05) is 24.8 Å². The fourth-order valence-electron chi connectivity index (χ4n) is 5.33. The van der Waals surface area contributed by atoms with E-state index in [1.807, 2.05) is 13.1 Å². The second kappa shape index (κ2) is 10.2. The molecular formula is C25H34FN7O. The number of aromatic nitrogens is 4. The molecule has 182 valence electrons. The highest BCUT2D eigenvalue weighted by Gasteiger charge is 2.27. The Kier molecular flexibility index (Phi) is 6.92. The minimum absolute atomic E-state index is 0.240. The molecule has 0 saturated heterocycles. The van der Waals surface area contributed by atoms with Gasteiger partial charge >= 0.3 is 0 Å². The third-order valence-corrected chi connectivity index (χ3v) is 7.36. The minimum atomic E-state index is -0.305. The van der Waals surface area contributed by atoms with Crippen molar-refractivity contribution in [1.29, 1.82) is 0 Å². The van der Waals surface area contributed by atoms with E-state index in [0.717, 1.165) is 57.0 Å². The van der Waals surface area contributed by atoms with Gasteiger partial charge in [0, 0.05) is 25.2 Å². The molecule has 0 aliphatic heterocycles. The highest BCUT2D eigenvalue weighted by molar-refractivity contribution is 5.76. The van der Waals surface area contributed by atoms with E-state index < -0.39 is 0 Å². The van der Waals surface area contributed by atoms with E-state index >= 15 is 0 Å². The second-order valence-corrected chi connectivity index (χ2v) is 9.46. The number of halogens is 1. The van der Waals surface area contributed by atoms with E-state index in [1.165, 1.54) is 6.07 Å². The maximum atomic E-state index is 14.4. The summed E-state index contributed by atoms with van der Waals surface area (Å²) in [6, 6.07) is 7.79. The first kappa shape index (κ1) is 23.0. The van der Waals surface area contributed by atoms with Crippen LogP contribution < -0.4 is 16.0 Å². The quantitative estimate of drug-likeness (QED) is 0.461. The van der Waals surface area contributed by atoms with Crippen molar-refractivity contribution in [3.8, 4) is 0 Å². The van der Waals surface area contributed by atoms with Crippen molar-refractivity contribution < 1.29 is 9.13 Å². The number of fused-ring (bicyclic) bond motifs is 1. The first-order valence-electron chi connectivity index (χ1n) is 12.4. The third-order valence-electron chi connectivity index (χ3n) is 7.36. The van der Waals surface area contributed by atoms with Gasteiger partial charge in [-0.2, -0.15) is 4.98 Å². The average molecular weight is 468 g/mol. The Morgan fingerprint density at radius 2 is 1.71 bits per heavy atom. The lowest BCUT2D eigenvalue weighted by Crippen LogP contribution is -2.31. The van der Waals surface area contributed by atoms with Crippen LogP contribution in [-0.4, -0.2) is 51.9 Å². The van der Waals surface area contributed by atoms with Gasteiger partial charge in [-0.25, -0.2) is 14.4 Å². The number of imidazole rings is 1. The van der Waals surface area contributed by atoms with E-state index in [1.54, 1.807) is 25.4 Å². The van der Waals surface area contributed by atoms with E-state index in [2.05, 4.69) is 25.5 Å². The zero-order chi connectivity index (χ0) is 23.5. The Labute approximate surface area is 199 Å². The molecule has 2 saturated carbocycles. The maximum Gasteiger partial charge on any atom is 0.224 e. The van der Waals surface area contributed by atoms with Crippen LogP contribution in [0.25, 0.3) is 11.2 Å². The van der Waals surface area contributed by atoms with Crippen molar-refractivity contribution in [2.45, 2.75) is 75.6 Å². The Bertz CT molecular complexity index is 1100. The molecule has 0 radical (unpaired) electrons. The van der Waals surface area contributed by atoms with Crippen LogP contribution in [0, 0.1) is 5.82 Å². The van der Waals surface area contributed by atoms with Crippen LogP contribution in [0.4, 0.5) is 22.0 Å². The molecule has 0 atom stereocenters. The van der Waals surface area contributed by atoms with Gasteiger partial charge in [0.15, 0.2) is 5.65 Å². The molecule has 9 heteroatoms. The molecule has 1 aromatic carbocycles. The number of hydrogen-bond acceptors (Lipinski definition) is 7. The fraction of sp³-hybridized carbons (Fsp3) is 0.560. The SMILES string of the molecule is CNC1CCC(n2c(Nc3ccccc3F)nc3cnc(NC4CCC(OC)CC4)nc32)CC1. The molecule has 0 bridgehead atoms. The largest absolute Gasteiger partial charge is 0.381 e. The lowest BCUT2D eigenvalue weighted by molar-refractivity contribution is 0.0681. The summed E-state index contributed by atoms with van der Waals surface area (Å²) in [6.07, 6.45) is 10.5. The predicted molar refractivity (Wildman–Crippen MR) is 132 cm³/mol. The number of ether oxygens (including phenoxy) is 1. The predicted octanol–water partition coefficient (Wildman–Crippen LogP) is 4.78. The van der Waals surface area contributed by atoms with E-state index in [0.29, 0.717) is 41.3 Å². The lowest BCUT2D eigenvalue weighted by Gasteiger charge is -2.30. The van der Waals surface area contributed by atoms with Crippen LogP contribution >= 0.6 is 0 Å². The van der Waals surface area contributed by atoms with Crippen LogP contribution in [-0.2, 0) is 4.74 Å². The number of benzene rings is 1. The normalized spacial score (nSPS) is 25.4. The zero-order valence-corrected chi connectivity index (χ0v) is 19.9. The summed E-state index contributed by atoms with van der Waals surface area (Å²) in [4.78, 5) is 14.2. The van der Waals surface area contributed by atoms with Crippen LogP contribution in [0.5, 0.6) is 0 Å². The third kappa shape index (κ3) is 4.86. The first-order valence-corrected chi connectivity index (χ1v) is 12.4. The molecule has 3 N–H and O–H groups in total. The molecule has 34 heavy (non-hydrogen) atoms. The summed E-state index contributed by atoms with van der Waals surface area (Å²) in [5.74, 6) is 0.927. The summed E-state index contributed by atoms with van der Waals surface area (Å²) in [6.45, 7) is 0. The summed E-state index contributed by atoms with van der Waals surface area (Å²) in [7, 11) is 3.81. The highest BCUT2D eigenvalue weighted by atomic mass is 19.1. The number of nitrogens with zero attached hydrogens (tertiary/aromatic N) is 4. The van der Waals surface area contributed by atoms with Crippen molar-refractivity contribution in [3.63, 3.8) is 0 Å². The van der Waals surface area contributed by atoms with Crippen LogP contribution in [0.1, 0.15) is 57.4 Å². The lowest BCUT2D eigenvalue weighted by atomic mass is 9.91. The van der Waals surface area contributed by atoms with E-state index in [-0.39, 0.29) is 11.9 Å². The van der Waals surface area contributed by atoms with Crippen molar-refractivity contribution in [3.05, 3.63) is 36.3 Å². The molecule has 2 aliphatic carbocycles. The van der Waals surface area contributed by atoms with Gasteiger partial charge in [0.25, 0.3) is 0 Å². The maximum absolute atomic E-state index is 14.4. The minimum Gasteiger partial charge on any atom is -0.381 e. The van der Waals surface area contributed by atoms with Crippen LogP contribution in [0.15, 0.2) is 30.5 Å². The molecule has 0 unspecified atom stereocenters. The smallest absolute Gasteiger partial charge is 0.224 e. The average Bonchev–Trinajstić information content (AvgIpc) is 3.23. The Morgan fingerprint density at radius 3 is 2.41 bits per heavy atom. The van der Waals surface area contributed by atoms with Gasteiger partial charge < -0.3 is 20.7 Å². The van der Waals surface area contributed by atoms with Crippen molar-refractivity contribution in [1.82, 2.24) is 24.8 Å². The zero-order valence-electron chi connectivity index (χ0n) is 19.9. The number of rotatable bonds is 7. The van der Waals surface area contributed by atoms with E-state index in [9.17, 15) is 4.39 Å². The molecule has 0 spiro atoms. The highest BCUT2D eigenvalue weighted by Crippen LogP contribution is 2.35. The molecule has 0 amide bonds. The van der Waals surface area contributed by atoms with Crippen LogP contribution in [0.2, 0.25) is 0 Å². The molecule has 2 aromatic heterocycles. The molecule has 2 fully saturated rings. The van der Waals surface area contributed by atoms with Gasteiger partial charge in [0.2, 0.25) is 11.9 Å². The van der Waals surface area contributed by atoms with Gasteiger partial charge in [-0.05, 0) is 70.5 Å². The molecule has 2 heterocycles. The molecule has 2 aliphatic rings. The summed E-state index contributed by atoms with van der Waals surface area (Å²) < 4.78 is 22.1. The van der Waals surface area contributed by atoms with Gasteiger partial charge in [0.1, 0.15) is 11.3 Å². The molecule has 8 nitrogen and oxygen atoms in total. The molecular weight excluding hydrogens is 433 g/mol. The molecule has 3 aromatic rings. The monoisotopic (exact) mass is 467 g/mol. The summed E-state index contributed by atoms with van der Waals surface area (Å²) in [5.41, 5.74) is 1.90. The number of para-hydroxylation sites is 1. The number of hydrogen-bond donors (Lipinski definition) is 3. The first-order chi connectivity index (χ1) is 16.6. The topological polar surface area (TPSA) is 88.9 Å². The van der Waals surface area contributed by atoms with Crippen LogP contribution in [0.3, 0.4) is 0 Å². The summed E-state index contributed by atoms with van der Waals surface area (Å²) >= 11 is 0. The van der Waals surface area contributed by atoms with Crippen molar-refractivity contribution in [2.24, 2.45) is 0 Å². The standard InChI is InChI=1S/C25H34FN7O/c1-27-16-7-11-18(12-8-16)33-23-22(31-25(33)30-21-6-4-3-5-20(21)26)15-28-24(32-23)29-17-9-13-19(34-2)14-10-17/h3-6,15-19,27H,7-14H2,1-2H3,(H,30,31)(H,28,29,32). The van der Waals surface area contributed by atoms with Gasteiger partial charge in [-0.1, -0.05) is 12.1 Å². The van der Waals surface area contributed by atoms with Gasteiger partial charge in [-0.15, -0.1) is 0 Å². The number of anilines is 3. The fourth-order valence-corrected chi connectivity index (χ4v) is 5.33. The summed E-state index contributed by atoms with van der Waals surface area (Å²) in [5, 5.41) is 10.1. The Hall–Kier alpha value is -2.78. The van der Waals surface area contributed by atoms with Crippen molar-refractivity contribution >= 4 is 28.7 Å².